The highest BCUT2D eigenvalue weighted by molar-refractivity contribution is 5.68. The molecule has 10 nitrogen and oxygen atoms in total. The maximum Gasteiger partial charge on any atom is 0.422 e. The lowest BCUT2D eigenvalue weighted by atomic mass is 10.0. The Kier molecular flexibility index (Phi) is 7.17. The number of methoxy groups -OCH3 is 1. The molecule has 206 valence electrons. The van der Waals surface area contributed by atoms with Crippen LogP contribution in [-0.4, -0.2) is 73.7 Å². The largest absolute Gasteiger partial charge is 0.495 e. The van der Waals surface area contributed by atoms with E-state index in [4.69, 9.17) is 9.47 Å². The van der Waals surface area contributed by atoms with E-state index in [9.17, 15) is 23.1 Å². The highest BCUT2D eigenvalue weighted by atomic mass is 19.4. The third-order valence-corrected chi connectivity index (χ3v) is 6.13. The molecule has 0 aromatic carbocycles. The van der Waals surface area contributed by atoms with Gasteiger partial charge in [0.1, 0.15) is 28.6 Å². The molecule has 0 bridgehead atoms. The highest BCUT2D eigenvalue weighted by Crippen LogP contribution is 2.41. The Morgan fingerprint density at radius 3 is 2.61 bits per heavy atom. The fourth-order valence-corrected chi connectivity index (χ4v) is 4.15. The van der Waals surface area contributed by atoms with Gasteiger partial charge in [-0.3, -0.25) is 0 Å². The zero-order valence-corrected chi connectivity index (χ0v) is 21.8. The second kappa shape index (κ2) is 9.93. The molecular formula is C25H31F3N6O4. The predicted molar refractivity (Wildman–Crippen MR) is 133 cm³/mol. The minimum absolute atomic E-state index is 0.0722. The topological polar surface area (TPSA) is 114 Å². The summed E-state index contributed by atoms with van der Waals surface area (Å²) in [5.74, 6) is 0.275. The number of anilines is 1. The van der Waals surface area contributed by atoms with Crippen LogP contribution in [0.15, 0.2) is 30.5 Å². The summed E-state index contributed by atoms with van der Waals surface area (Å²) in [5.41, 5.74) is -3.60. The van der Waals surface area contributed by atoms with Crippen molar-refractivity contribution in [1.29, 1.82) is 0 Å². The number of aromatic nitrogens is 4. The molecule has 4 heterocycles. The maximum absolute atomic E-state index is 13.6. The summed E-state index contributed by atoms with van der Waals surface area (Å²) >= 11 is 0. The molecule has 1 unspecified atom stereocenters. The molecule has 3 aromatic heterocycles. The average Bonchev–Trinajstić information content (AvgIpc) is 3.25. The van der Waals surface area contributed by atoms with Crippen molar-refractivity contribution in [2.75, 3.05) is 25.5 Å². The minimum Gasteiger partial charge on any atom is -0.495 e. The molecule has 13 heteroatoms. The molecule has 2 atom stereocenters. The summed E-state index contributed by atoms with van der Waals surface area (Å²) in [6.07, 6.45) is -2.32. The average molecular weight is 537 g/mol. The molecule has 2 N–H and O–H groups in total. The van der Waals surface area contributed by atoms with Crippen LogP contribution in [0.1, 0.15) is 46.2 Å². The van der Waals surface area contributed by atoms with E-state index in [1.807, 2.05) is 20.8 Å². The molecule has 0 spiro atoms. The van der Waals surface area contributed by atoms with Gasteiger partial charge in [-0.05, 0) is 52.7 Å². The van der Waals surface area contributed by atoms with Crippen molar-refractivity contribution in [2.45, 2.75) is 64.0 Å². The van der Waals surface area contributed by atoms with E-state index in [1.165, 1.54) is 23.9 Å². The van der Waals surface area contributed by atoms with Gasteiger partial charge in [0.05, 0.1) is 19.0 Å². The number of piperidine rings is 1. The normalized spacial score (nSPS) is 18.2. The quantitative estimate of drug-likeness (QED) is 0.494. The number of nitrogens with zero attached hydrogens (tertiary/aromatic N) is 5. The molecule has 1 aliphatic heterocycles. The van der Waals surface area contributed by atoms with Gasteiger partial charge in [0, 0.05) is 25.2 Å². The molecule has 0 saturated carbocycles. The summed E-state index contributed by atoms with van der Waals surface area (Å²) in [4.78, 5) is 23.0. The Bertz CT molecular complexity index is 1320. The van der Waals surface area contributed by atoms with Crippen LogP contribution in [0.5, 0.6) is 5.75 Å². The first-order valence-corrected chi connectivity index (χ1v) is 12.1. The van der Waals surface area contributed by atoms with Gasteiger partial charge in [-0.1, -0.05) is 6.07 Å². The van der Waals surface area contributed by atoms with Crippen LogP contribution in [0, 0.1) is 0 Å². The second-order valence-electron chi connectivity index (χ2n) is 10.4. The Morgan fingerprint density at radius 2 is 1.95 bits per heavy atom. The van der Waals surface area contributed by atoms with Crippen LogP contribution in [0.3, 0.4) is 0 Å². The Balaban J connectivity index is 1.61. The number of carbonyl (C=O) groups is 1. The fourth-order valence-electron chi connectivity index (χ4n) is 4.15. The van der Waals surface area contributed by atoms with Gasteiger partial charge in [0.15, 0.2) is 5.65 Å². The molecule has 0 radical (unpaired) electrons. The monoisotopic (exact) mass is 536 g/mol. The van der Waals surface area contributed by atoms with Crippen molar-refractivity contribution >= 4 is 17.6 Å². The lowest BCUT2D eigenvalue weighted by Crippen LogP contribution is -2.47. The minimum atomic E-state index is -4.99. The lowest BCUT2D eigenvalue weighted by Gasteiger charge is -2.34. The summed E-state index contributed by atoms with van der Waals surface area (Å²) in [6, 6.07) is 6.39. The molecule has 1 amide bonds. The number of ether oxygens (including phenoxy) is 2. The van der Waals surface area contributed by atoms with Crippen molar-refractivity contribution in [3.63, 3.8) is 0 Å². The molecule has 3 aromatic rings. The third kappa shape index (κ3) is 5.62. The number of hydrogen-bond acceptors (Lipinski definition) is 8. The number of carbonyl (C=O) groups excluding carboxylic acids is 1. The van der Waals surface area contributed by atoms with Crippen molar-refractivity contribution in [2.24, 2.45) is 0 Å². The number of likely N-dealkylation sites (tertiary alicyclic amines) is 1. The van der Waals surface area contributed by atoms with Gasteiger partial charge in [0.2, 0.25) is 5.60 Å². The van der Waals surface area contributed by atoms with E-state index in [-0.39, 0.29) is 23.5 Å². The number of hydrogen-bond donors (Lipinski definition) is 2. The molecule has 0 aliphatic carbocycles. The van der Waals surface area contributed by atoms with Crippen LogP contribution in [0.2, 0.25) is 0 Å². The highest BCUT2D eigenvalue weighted by Gasteiger charge is 2.54. The van der Waals surface area contributed by atoms with Crippen molar-refractivity contribution < 1.29 is 32.5 Å². The number of nitrogens with one attached hydrogen (secondary N) is 1. The Morgan fingerprint density at radius 1 is 1.21 bits per heavy atom. The SMILES string of the molecule is COc1cc2ncc(-c3cccc(N[C@@H]4CCCN(C(=O)OC(C)(C)C)C4)n3)n2nc1C(C)(O)C(F)(F)F. The number of aliphatic hydroxyl groups is 1. The number of fused-ring (bicyclic) bond motifs is 1. The van der Waals surface area contributed by atoms with Crippen LogP contribution >= 0.6 is 0 Å². The number of halogens is 3. The number of alkyl halides is 3. The molecule has 4 rings (SSSR count). The molecule has 1 saturated heterocycles. The maximum atomic E-state index is 13.6. The number of amides is 1. The van der Waals surface area contributed by atoms with Crippen LogP contribution in [0.4, 0.5) is 23.8 Å². The van der Waals surface area contributed by atoms with Gasteiger partial charge in [-0.2, -0.15) is 18.3 Å². The van der Waals surface area contributed by atoms with Gasteiger partial charge in [0.25, 0.3) is 0 Å². The first-order valence-electron chi connectivity index (χ1n) is 12.1. The van der Waals surface area contributed by atoms with E-state index < -0.39 is 23.1 Å². The van der Waals surface area contributed by atoms with E-state index >= 15 is 0 Å². The van der Waals surface area contributed by atoms with Crippen LogP contribution in [0.25, 0.3) is 17.0 Å². The summed E-state index contributed by atoms with van der Waals surface area (Å²) < 4.78 is 52.5. The predicted octanol–water partition coefficient (Wildman–Crippen LogP) is 4.38. The number of rotatable bonds is 5. The Labute approximate surface area is 217 Å². The lowest BCUT2D eigenvalue weighted by molar-refractivity contribution is -0.261. The fraction of sp³-hybridized carbons (Fsp3) is 0.520. The van der Waals surface area contributed by atoms with E-state index in [2.05, 4.69) is 20.4 Å². The van der Waals surface area contributed by atoms with Gasteiger partial charge >= 0.3 is 12.3 Å². The van der Waals surface area contributed by atoms with Crippen molar-refractivity contribution in [3.05, 3.63) is 36.2 Å². The van der Waals surface area contributed by atoms with E-state index in [0.717, 1.165) is 12.8 Å². The zero-order chi connectivity index (χ0) is 27.9. The van der Waals surface area contributed by atoms with Crippen LogP contribution < -0.4 is 10.1 Å². The third-order valence-electron chi connectivity index (χ3n) is 6.13. The van der Waals surface area contributed by atoms with Gasteiger partial charge in [-0.15, -0.1) is 0 Å². The summed E-state index contributed by atoms with van der Waals surface area (Å²) in [5, 5.41) is 17.7. The molecular weight excluding hydrogens is 505 g/mol. The van der Waals surface area contributed by atoms with Crippen molar-refractivity contribution in [3.8, 4) is 17.1 Å². The molecule has 1 aliphatic rings. The molecule has 1 fully saturated rings. The summed E-state index contributed by atoms with van der Waals surface area (Å²) in [7, 11) is 1.19. The van der Waals surface area contributed by atoms with E-state index in [1.54, 1.807) is 23.1 Å². The second-order valence-corrected chi connectivity index (χ2v) is 10.4. The smallest absolute Gasteiger partial charge is 0.422 e. The zero-order valence-electron chi connectivity index (χ0n) is 21.8. The number of pyridine rings is 1. The van der Waals surface area contributed by atoms with Crippen LogP contribution in [-0.2, 0) is 10.3 Å². The van der Waals surface area contributed by atoms with Gasteiger partial charge in [-0.25, -0.2) is 19.3 Å². The van der Waals surface area contributed by atoms with Gasteiger partial charge < -0.3 is 24.8 Å². The van der Waals surface area contributed by atoms with Crippen molar-refractivity contribution in [1.82, 2.24) is 24.5 Å². The van der Waals surface area contributed by atoms with E-state index in [0.29, 0.717) is 37.2 Å². The Hall–Kier alpha value is -3.61. The summed E-state index contributed by atoms with van der Waals surface area (Å²) in [6.45, 7) is 7.11. The molecule has 38 heavy (non-hydrogen) atoms. The first-order chi connectivity index (χ1) is 17.7. The first kappa shape index (κ1) is 27.4. The standard InChI is InChI=1S/C25H31F3N6O4/c1-23(2,3)38-22(35)33-11-7-8-15(14-33)30-19-10-6-9-16(31-19)17-13-29-20-12-18(37-5)21(32-34(17)20)24(4,36)25(26,27)28/h6,9-10,12-13,15,36H,7-8,11,14H2,1-5H3,(H,30,31)/t15-,24?/m1/s1. The number of imidazole rings is 1.